The molecule has 7 nitrogen and oxygen atoms in total. The molecule has 0 aromatic carbocycles. The molecule has 0 bridgehead atoms. The van der Waals surface area contributed by atoms with E-state index in [1.54, 1.807) is 11.2 Å². The summed E-state index contributed by atoms with van der Waals surface area (Å²) < 4.78 is 35.7. The third kappa shape index (κ3) is 2.72. The lowest BCUT2D eigenvalue weighted by Gasteiger charge is -2.32. The SMILES string of the molecule is Cc1noc(C[C@@H]2COC[C@H]3CN(S(C)(=O)=O)C[C@@H]23)n1. The minimum Gasteiger partial charge on any atom is -0.381 e. The first-order chi connectivity index (χ1) is 9.43. The van der Waals surface area contributed by atoms with E-state index in [2.05, 4.69) is 10.1 Å². The van der Waals surface area contributed by atoms with Gasteiger partial charge in [0.2, 0.25) is 15.9 Å². The third-order valence-corrected chi connectivity index (χ3v) is 5.44. The average Bonchev–Trinajstić information content (AvgIpc) is 2.95. The number of aryl methyl sites for hydroxylation is 1. The molecule has 0 amide bonds. The fraction of sp³-hybridized carbons (Fsp3) is 0.833. The Morgan fingerprint density at radius 2 is 2.15 bits per heavy atom. The maximum atomic E-state index is 11.7. The second kappa shape index (κ2) is 5.09. The molecule has 0 N–H and O–H groups in total. The zero-order valence-electron chi connectivity index (χ0n) is 11.7. The van der Waals surface area contributed by atoms with Crippen LogP contribution in [0.3, 0.4) is 0 Å². The fourth-order valence-electron chi connectivity index (χ4n) is 3.19. The van der Waals surface area contributed by atoms with E-state index in [1.807, 2.05) is 0 Å². The Balaban J connectivity index is 1.73. The van der Waals surface area contributed by atoms with Gasteiger partial charge in [-0.2, -0.15) is 4.98 Å². The van der Waals surface area contributed by atoms with Crippen molar-refractivity contribution in [2.45, 2.75) is 13.3 Å². The molecule has 1 aromatic heterocycles. The van der Waals surface area contributed by atoms with Crippen LogP contribution in [0, 0.1) is 24.7 Å². The molecule has 0 spiro atoms. The molecule has 2 fully saturated rings. The van der Waals surface area contributed by atoms with Crippen LogP contribution < -0.4 is 0 Å². The van der Waals surface area contributed by atoms with Crippen LogP contribution in [0.5, 0.6) is 0 Å². The van der Waals surface area contributed by atoms with Gasteiger partial charge >= 0.3 is 0 Å². The first-order valence-corrected chi connectivity index (χ1v) is 8.60. The highest BCUT2D eigenvalue weighted by Crippen LogP contribution is 2.36. The molecule has 20 heavy (non-hydrogen) atoms. The predicted molar refractivity (Wildman–Crippen MR) is 70.4 cm³/mol. The van der Waals surface area contributed by atoms with Crippen LogP contribution >= 0.6 is 0 Å². The molecule has 2 saturated heterocycles. The molecular weight excluding hydrogens is 282 g/mol. The highest BCUT2D eigenvalue weighted by atomic mass is 32.2. The van der Waals surface area contributed by atoms with Crippen molar-refractivity contribution in [1.29, 1.82) is 0 Å². The van der Waals surface area contributed by atoms with Gasteiger partial charge in [0.05, 0.1) is 19.5 Å². The Hall–Kier alpha value is -0.990. The van der Waals surface area contributed by atoms with Gasteiger partial charge in [0.25, 0.3) is 0 Å². The van der Waals surface area contributed by atoms with Crippen molar-refractivity contribution < 1.29 is 17.7 Å². The van der Waals surface area contributed by atoms with Crippen molar-refractivity contribution in [3.8, 4) is 0 Å². The number of nitrogens with zero attached hydrogens (tertiary/aromatic N) is 3. The largest absolute Gasteiger partial charge is 0.381 e. The summed E-state index contributed by atoms with van der Waals surface area (Å²) in [6.07, 6.45) is 1.92. The van der Waals surface area contributed by atoms with Gasteiger partial charge in [-0.05, 0) is 18.8 Å². The number of sulfonamides is 1. The van der Waals surface area contributed by atoms with Crippen LogP contribution in [0.1, 0.15) is 11.7 Å². The van der Waals surface area contributed by atoms with E-state index >= 15 is 0 Å². The smallest absolute Gasteiger partial charge is 0.227 e. The molecule has 8 heteroatoms. The Morgan fingerprint density at radius 3 is 2.80 bits per heavy atom. The van der Waals surface area contributed by atoms with Crippen molar-refractivity contribution in [3.05, 3.63) is 11.7 Å². The molecule has 0 unspecified atom stereocenters. The standard InChI is InChI=1S/C12H19N3O4S/c1-8-13-12(19-14-8)3-9-6-18-7-10-4-15(5-11(9)10)20(2,16)17/h9-11H,3-7H2,1-2H3/t9-,10-,11+/m1/s1. The van der Waals surface area contributed by atoms with Crippen molar-refractivity contribution >= 4 is 10.0 Å². The van der Waals surface area contributed by atoms with Crippen LogP contribution in [0.2, 0.25) is 0 Å². The molecule has 0 aliphatic carbocycles. The lowest BCUT2D eigenvalue weighted by molar-refractivity contribution is -0.0110. The summed E-state index contributed by atoms with van der Waals surface area (Å²) in [5, 5.41) is 3.79. The van der Waals surface area contributed by atoms with Gasteiger partial charge in [-0.15, -0.1) is 0 Å². The van der Waals surface area contributed by atoms with Gasteiger partial charge < -0.3 is 9.26 Å². The van der Waals surface area contributed by atoms with E-state index < -0.39 is 10.0 Å². The molecule has 1 aromatic rings. The highest BCUT2D eigenvalue weighted by molar-refractivity contribution is 7.88. The van der Waals surface area contributed by atoms with Gasteiger partial charge in [0, 0.05) is 25.4 Å². The number of ether oxygens (including phenoxy) is 1. The summed E-state index contributed by atoms with van der Waals surface area (Å²) in [5.41, 5.74) is 0. The van der Waals surface area contributed by atoms with Gasteiger partial charge in [-0.1, -0.05) is 5.16 Å². The van der Waals surface area contributed by atoms with E-state index in [0.29, 0.717) is 50.4 Å². The summed E-state index contributed by atoms with van der Waals surface area (Å²) in [6, 6.07) is 0. The molecule has 2 aliphatic rings. The topological polar surface area (TPSA) is 85.5 Å². The summed E-state index contributed by atoms with van der Waals surface area (Å²) >= 11 is 0. The van der Waals surface area contributed by atoms with Crippen LogP contribution in [0.15, 0.2) is 4.52 Å². The minimum atomic E-state index is -3.13. The molecule has 3 atom stereocenters. The molecule has 3 heterocycles. The lowest BCUT2D eigenvalue weighted by Crippen LogP contribution is -2.36. The third-order valence-electron chi connectivity index (χ3n) is 4.20. The number of fused-ring (bicyclic) bond motifs is 1. The number of aromatic nitrogens is 2. The molecule has 0 saturated carbocycles. The molecule has 2 aliphatic heterocycles. The van der Waals surface area contributed by atoms with Crippen molar-refractivity contribution in [2.75, 3.05) is 32.6 Å². The lowest BCUT2D eigenvalue weighted by atomic mass is 9.81. The van der Waals surface area contributed by atoms with E-state index in [0.717, 1.165) is 0 Å². The Labute approximate surface area is 118 Å². The van der Waals surface area contributed by atoms with Crippen molar-refractivity contribution in [1.82, 2.24) is 14.4 Å². The number of hydrogen-bond acceptors (Lipinski definition) is 6. The highest BCUT2D eigenvalue weighted by Gasteiger charge is 2.43. The van der Waals surface area contributed by atoms with Gasteiger partial charge in [-0.3, -0.25) is 0 Å². The zero-order valence-corrected chi connectivity index (χ0v) is 12.5. The van der Waals surface area contributed by atoms with Crippen LogP contribution in [-0.2, 0) is 21.2 Å². The van der Waals surface area contributed by atoms with Crippen LogP contribution in [0.25, 0.3) is 0 Å². The minimum absolute atomic E-state index is 0.236. The van der Waals surface area contributed by atoms with E-state index in [-0.39, 0.29) is 11.8 Å². The normalized spacial score (nSPS) is 31.4. The second-order valence-electron chi connectivity index (χ2n) is 5.74. The zero-order chi connectivity index (χ0) is 14.3. The van der Waals surface area contributed by atoms with Crippen LogP contribution in [-0.4, -0.2) is 55.4 Å². The first kappa shape index (κ1) is 14.0. The number of hydrogen-bond donors (Lipinski definition) is 0. The van der Waals surface area contributed by atoms with Gasteiger partial charge in [0.1, 0.15) is 0 Å². The second-order valence-corrected chi connectivity index (χ2v) is 7.72. The Bertz CT molecular complexity index is 585. The Kier molecular flexibility index (Phi) is 3.55. The maximum absolute atomic E-state index is 11.7. The molecule has 0 radical (unpaired) electrons. The predicted octanol–water partition coefficient (Wildman–Crippen LogP) is 0.0745. The van der Waals surface area contributed by atoms with Crippen molar-refractivity contribution in [2.24, 2.45) is 17.8 Å². The van der Waals surface area contributed by atoms with Gasteiger partial charge in [0.15, 0.2) is 5.82 Å². The fourth-order valence-corrected chi connectivity index (χ4v) is 4.09. The summed E-state index contributed by atoms with van der Waals surface area (Å²) in [4.78, 5) is 4.22. The monoisotopic (exact) mass is 301 g/mol. The van der Waals surface area contributed by atoms with Crippen LogP contribution in [0.4, 0.5) is 0 Å². The summed E-state index contributed by atoms with van der Waals surface area (Å²) in [6.45, 7) is 4.18. The quantitative estimate of drug-likeness (QED) is 0.785. The average molecular weight is 301 g/mol. The molecular formula is C12H19N3O4S. The summed E-state index contributed by atoms with van der Waals surface area (Å²) in [7, 11) is -3.13. The summed E-state index contributed by atoms with van der Waals surface area (Å²) in [5.74, 6) is 2.05. The van der Waals surface area contributed by atoms with Gasteiger partial charge in [-0.25, -0.2) is 12.7 Å². The number of rotatable bonds is 3. The van der Waals surface area contributed by atoms with Crippen molar-refractivity contribution in [3.63, 3.8) is 0 Å². The Morgan fingerprint density at radius 1 is 1.35 bits per heavy atom. The van der Waals surface area contributed by atoms with E-state index in [1.165, 1.54) is 6.26 Å². The van der Waals surface area contributed by atoms with E-state index in [9.17, 15) is 8.42 Å². The molecule has 3 rings (SSSR count). The van der Waals surface area contributed by atoms with E-state index in [4.69, 9.17) is 9.26 Å². The molecule has 112 valence electrons. The maximum Gasteiger partial charge on any atom is 0.227 e. The first-order valence-electron chi connectivity index (χ1n) is 6.75.